The number of para-hydroxylation sites is 1. The molecule has 4 aromatic rings. The summed E-state index contributed by atoms with van der Waals surface area (Å²) in [6.07, 6.45) is 0. The Bertz CT molecular complexity index is 1090. The molecule has 28 heavy (non-hydrogen) atoms. The fourth-order valence-electron chi connectivity index (χ4n) is 2.78. The Labute approximate surface area is 168 Å². The predicted molar refractivity (Wildman–Crippen MR) is 109 cm³/mol. The van der Waals surface area contributed by atoms with Crippen LogP contribution in [0.5, 0.6) is 0 Å². The molecule has 0 atom stereocenters. The average Bonchev–Trinajstić information content (AvgIpc) is 3.39. The highest BCUT2D eigenvalue weighted by atomic mass is 32.1. The number of carbonyl (C=O) groups is 1. The minimum Gasteiger partial charge on any atom is -0.299 e. The van der Waals surface area contributed by atoms with Gasteiger partial charge in [-0.1, -0.05) is 24.3 Å². The molecule has 1 amide bonds. The smallest absolute Gasteiger partial charge is 0.278 e. The summed E-state index contributed by atoms with van der Waals surface area (Å²) in [7, 11) is 0. The van der Waals surface area contributed by atoms with Gasteiger partial charge in [-0.05, 0) is 42.0 Å². The number of thiazole rings is 1. The standard InChI is InChI=1S/C21H14F2N2OS2/c22-15-7-5-14(6-8-15)20-10-9-16(28-20)11-25(19-4-2-1-3-17(19)23)21(26)18-12-27-13-24-18/h1-10,12-13H,11H2. The highest BCUT2D eigenvalue weighted by molar-refractivity contribution is 7.15. The van der Waals surface area contributed by atoms with E-state index in [-0.39, 0.29) is 29.7 Å². The predicted octanol–water partition coefficient (Wildman–Crippen LogP) is 6.00. The zero-order valence-corrected chi connectivity index (χ0v) is 16.1. The Balaban J connectivity index is 1.66. The summed E-state index contributed by atoms with van der Waals surface area (Å²) in [5, 5.41) is 1.65. The summed E-state index contributed by atoms with van der Waals surface area (Å²) >= 11 is 2.79. The quantitative estimate of drug-likeness (QED) is 0.403. The number of amides is 1. The fraction of sp³-hybridized carbons (Fsp3) is 0.0476. The van der Waals surface area contributed by atoms with E-state index in [2.05, 4.69) is 4.98 Å². The van der Waals surface area contributed by atoms with Crippen LogP contribution in [0.25, 0.3) is 10.4 Å². The Morgan fingerprint density at radius 3 is 2.50 bits per heavy atom. The Hall–Kier alpha value is -2.90. The normalized spacial score (nSPS) is 10.8. The monoisotopic (exact) mass is 412 g/mol. The third-order valence-corrected chi connectivity index (χ3v) is 5.85. The van der Waals surface area contributed by atoms with Crippen LogP contribution in [0, 0.1) is 11.6 Å². The molecule has 2 heterocycles. The molecule has 0 saturated heterocycles. The second-order valence-corrected chi connectivity index (χ2v) is 7.88. The molecule has 2 aromatic heterocycles. The second kappa shape index (κ2) is 8.00. The zero-order chi connectivity index (χ0) is 19.5. The van der Waals surface area contributed by atoms with E-state index in [1.165, 1.54) is 45.8 Å². The summed E-state index contributed by atoms with van der Waals surface area (Å²) in [5.41, 5.74) is 2.95. The van der Waals surface area contributed by atoms with Crippen molar-refractivity contribution in [2.24, 2.45) is 0 Å². The number of carbonyl (C=O) groups excluding carboxylic acids is 1. The lowest BCUT2D eigenvalue weighted by Crippen LogP contribution is -2.31. The highest BCUT2D eigenvalue weighted by Crippen LogP contribution is 2.31. The van der Waals surface area contributed by atoms with Gasteiger partial charge in [0.05, 0.1) is 17.7 Å². The van der Waals surface area contributed by atoms with Gasteiger partial charge in [0.15, 0.2) is 0 Å². The van der Waals surface area contributed by atoms with Crippen molar-refractivity contribution in [1.29, 1.82) is 0 Å². The van der Waals surface area contributed by atoms with Gasteiger partial charge in [0.1, 0.15) is 17.3 Å². The number of benzene rings is 2. The van der Waals surface area contributed by atoms with E-state index in [0.717, 1.165) is 15.3 Å². The minimum atomic E-state index is -0.471. The molecule has 0 aliphatic carbocycles. The maximum absolute atomic E-state index is 14.4. The fourth-order valence-corrected chi connectivity index (χ4v) is 4.31. The van der Waals surface area contributed by atoms with E-state index in [1.807, 2.05) is 12.1 Å². The number of aromatic nitrogens is 1. The number of thiophene rings is 1. The zero-order valence-electron chi connectivity index (χ0n) is 14.5. The third kappa shape index (κ3) is 3.85. The number of anilines is 1. The molecule has 0 aliphatic rings. The molecule has 2 aromatic carbocycles. The number of hydrogen-bond acceptors (Lipinski definition) is 4. The van der Waals surface area contributed by atoms with Crippen LogP contribution < -0.4 is 4.90 Å². The first-order chi connectivity index (χ1) is 13.6. The first kappa shape index (κ1) is 18.5. The molecular formula is C21H14F2N2OS2. The van der Waals surface area contributed by atoms with E-state index in [9.17, 15) is 13.6 Å². The summed E-state index contributed by atoms with van der Waals surface area (Å²) in [5.74, 6) is -1.12. The molecule has 7 heteroatoms. The van der Waals surface area contributed by atoms with Crippen molar-refractivity contribution in [3.05, 3.63) is 93.8 Å². The van der Waals surface area contributed by atoms with Crippen LogP contribution in [0.1, 0.15) is 15.4 Å². The van der Waals surface area contributed by atoms with Gasteiger partial charge in [-0.3, -0.25) is 9.69 Å². The third-order valence-electron chi connectivity index (χ3n) is 4.14. The Morgan fingerprint density at radius 1 is 1.00 bits per heavy atom. The van der Waals surface area contributed by atoms with Crippen molar-refractivity contribution in [3.8, 4) is 10.4 Å². The van der Waals surface area contributed by atoms with Crippen molar-refractivity contribution in [1.82, 2.24) is 4.98 Å². The van der Waals surface area contributed by atoms with Gasteiger partial charge in [0.2, 0.25) is 0 Å². The van der Waals surface area contributed by atoms with Crippen LogP contribution in [0.2, 0.25) is 0 Å². The largest absolute Gasteiger partial charge is 0.299 e. The number of hydrogen-bond donors (Lipinski definition) is 0. The molecular weight excluding hydrogens is 398 g/mol. The lowest BCUT2D eigenvalue weighted by atomic mass is 10.2. The van der Waals surface area contributed by atoms with Crippen LogP contribution in [-0.4, -0.2) is 10.9 Å². The molecule has 0 N–H and O–H groups in total. The number of halogens is 2. The molecule has 0 radical (unpaired) electrons. The number of rotatable bonds is 5. The second-order valence-electron chi connectivity index (χ2n) is 5.99. The van der Waals surface area contributed by atoms with Crippen molar-refractivity contribution < 1.29 is 13.6 Å². The average molecular weight is 412 g/mol. The van der Waals surface area contributed by atoms with Gasteiger partial charge in [-0.25, -0.2) is 13.8 Å². The molecule has 0 saturated carbocycles. The summed E-state index contributed by atoms with van der Waals surface area (Å²) in [6, 6.07) is 16.2. The summed E-state index contributed by atoms with van der Waals surface area (Å²) < 4.78 is 27.6. The summed E-state index contributed by atoms with van der Waals surface area (Å²) in [4.78, 5) is 20.2. The van der Waals surface area contributed by atoms with E-state index in [4.69, 9.17) is 0 Å². The molecule has 0 aliphatic heterocycles. The maximum atomic E-state index is 14.4. The van der Waals surface area contributed by atoms with Crippen LogP contribution in [0.4, 0.5) is 14.5 Å². The van der Waals surface area contributed by atoms with Crippen molar-refractivity contribution >= 4 is 34.3 Å². The van der Waals surface area contributed by atoms with Crippen LogP contribution in [0.15, 0.2) is 71.6 Å². The lowest BCUT2D eigenvalue weighted by molar-refractivity contribution is 0.0980. The van der Waals surface area contributed by atoms with Crippen LogP contribution in [0.3, 0.4) is 0 Å². The first-order valence-corrected chi connectivity index (χ1v) is 10.2. The lowest BCUT2D eigenvalue weighted by Gasteiger charge is -2.22. The van der Waals surface area contributed by atoms with Crippen molar-refractivity contribution in [2.45, 2.75) is 6.54 Å². The van der Waals surface area contributed by atoms with E-state index >= 15 is 0 Å². The molecule has 0 unspecified atom stereocenters. The van der Waals surface area contributed by atoms with E-state index in [0.29, 0.717) is 0 Å². The maximum Gasteiger partial charge on any atom is 0.278 e. The van der Waals surface area contributed by atoms with Gasteiger partial charge < -0.3 is 0 Å². The number of nitrogens with zero attached hydrogens (tertiary/aromatic N) is 2. The Kier molecular flexibility index (Phi) is 5.27. The topological polar surface area (TPSA) is 33.2 Å². The van der Waals surface area contributed by atoms with Gasteiger partial charge in [-0.15, -0.1) is 22.7 Å². The highest BCUT2D eigenvalue weighted by Gasteiger charge is 2.23. The van der Waals surface area contributed by atoms with E-state index in [1.54, 1.807) is 41.2 Å². The summed E-state index contributed by atoms with van der Waals surface area (Å²) in [6.45, 7) is 0.211. The van der Waals surface area contributed by atoms with E-state index < -0.39 is 5.82 Å². The van der Waals surface area contributed by atoms with Gasteiger partial charge in [-0.2, -0.15) is 0 Å². The van der Waals surface area contributed by atoms with Crippen LogP contribution in [-0.2, 0) is 6.54 Å². The van der Waals surface area contributed by atoms with Gasteiger partial charge >= 0.3 is 0 Å². The molecule has 0 fully saturated rings. The molecule has 0 spiro atoms. The minimum absolute atomic E-state index is 0.206. The van der Waals surface area contributed by atoms with Gasteiger partial charge in [0, 0.05) is 15.1 Å². The first-order valence-electron chi connectivity index (χ1n) is 8.41. The Morgan fingerprint density at radius 2 is 1.79 bits per heavy atom. The van der Waals surface area contributed by atoms with Crippen LogP contribution >= 0.6 is 22.7 Å². The molecule has 4 rings (SSSR count). The SMILES string of the molecule is O=C(c1cscn1)N(Cc1ccc(-c2ccc(F)cc2)s1)c1ccccc1F. The van der Waals surface area contributed by atoms with Crippen molar-refractivity contribution in [3.63, 3.8) is 0 Å². The van der Waals surface area contributed by atoms with Gasteiger partial charge in [0.25, 0.3) is 5.91 Å². The van der Waals surface area contributed by atoms with Crippen molar-refractivity contribution in [2.75, 3.05) is 4.90 Å². The molecule has 140 valence electrons. The molecule has 3 nitrogen and oxygen atoms in total. The molecule has 0 bridgehead atoms.